The molecule has 1 heterocycles. The molecule has 2 aromatic carbocycles. The summed E-state index contributed by atoms with van der Waals surface area (Å²) >= 11 is 1.56. The van der Waals surface area contributed by atoms with Crippen LogP contribution in [0.25, 0.3) is 0 Å². The average Bonchev–Trinajstić information content (AvgIpc) is 3.21. The number of carbonyl (C=O) groups excluding carboxylic acids is 2. The van der Waals surface area contributed by atoms with Crippen LogP contribution < -0.4 is 14.8 Å². The van der Waals surface area contributed by atoms with Gasteiger partial charge in [0, 0.05) is 23.9 Å². The van der Waals surface area contributed by atoms with Gasteiger partial charge in [-0.1, -0.05) is 30.3 Å². The highest BCUT2D eigenvalue weighted by Crippen LogP contribution is 2.27. The number of benzene rings is 2. The molecule has 1 aliphatic heterocycles. The van der Waals surface area contributed by atoms with Crippen LogP contribution in [0.4, 0.5) is 0 Å². The van der Waals surface area contributed by atoms with E-state index < -0.39 is 6.04 Å². The van der Waals surface area contributed by atoms with E-state index >= 15 is 0 Å². The quantitative estimate of drug-likeness (QED) is 0.826. The Hall–Kier alpha value is -2.67. The first kappa shape index (κ1) is 19.1. The van der Waals surface area contributed by atoms with Gasteiger partial charge in [0.15, 0.2) is 0 Å². The van der Waals surface area contributed by atoms with Gasteiger partial charge in [0.1, 0.15) is 17.5 Å². The van der Waals surface area contributed by atoms with E-state index in [1.54, 1.807) is 34.9 Å². The van der Waals surface area contributed by atoms with Crippen LogP contribution in [0.2, 0.25) is 0 Å². The summed E-state index contributed by atoms with van der Waals surface area (Å²) in [5.41, 5.74) is 1.46. The number of nitrogens with zero attached hydrogens (tertiary/aromatic N) is 1. The molecule has 2 amide bonds. The van der Waals surface area contributed by atoms with Crippen molar-refractivity contribution >= 4 is 23.6 Å². The Morgan fingerprint density at radius 3 is 2.41 bits per heavy atom. The van der Waals surface area contributed by atoms with Crippen molar-refractivity contribution in [2.24, 2.45) is 0 Å². The predicted molar refractivity (Wildman–Crippen MR) is 105 cm³/mol. The van der Waals surface area contributed by atoms with Gasteiger partial charge >= 0.3 is 0 Å². The lowest BCUT2D eigenvalue weighted by Gasteiger charge is -2.23. The van der Waals surface area contributed by atoms with E-state index in [-0.39, 0.29) is 11.8 Å². The minimum atomic E-state index is -0.497. The molecule has 142 valence electrons. The molecule has 6 nitrogen and oxygen atoms in total. The highest BCUT2D eigenvalue weighted by Gasteiger charge is 2.35. The maximum absolute atomic E-state index is 13.0. The second-order valence-electron chi connectivity index (χ2n) is 6.10. The van der Waals surface area contributed by atoms with Gasteiger partial charge in [-0.3, -0.25) is 9.59 Å². The van der Waals surface area contributed by atoms with E-state index in [4.69, 9.17) is 9.47 Å². The van der Waals surface area contributed by atoms with E-state index in [2.05, 4.69) is 5.32 Å². The molecule has 1 fully saturated rings. The molecule has 0 aliphatic carbocycles. The summed E-state index contributed by atoms with van der Waals surface area (Å²) in [5, 5.41) is 2.93. The fourth-order valence-electron chi connectivity index (χ4n) is 2.86. The maximum atomic E-state index is 13.0. The molecule has 0 aromatic heterocycles. The zero-order valence-corrected chi connectivity index (χ0v) is 16.1. The van der Waals surface area contributed by atoms with E-state index in [1.165, 1.54) is 14.2 Å². The van der Waals surface area contributed by atoms with Crippen molar-refractivity contribution in [3.8, 4) is 11.5 Å². The van der Waals surface area contributed by atoms with Gasteiger partial charge in [0.25, 0.3) is 5.91 Å². The third-order valence-electron chi connectivity index (χ3n) is 4.35. The van der Waals surface area contributed by atoms with Crippen molar-refractivity contribution in [1.29, 1.82) is 0 Å². The summed E-state index contributed by atoms with van der Waals surface area (Å²) in [4.78, 5) is 27.2. The number of nitrogens with one attached hydrogen (secondary N) is 1. The van der Waals surface area contributed by atoms with E-state index in [1.807, 2.05) is 30.3 Å². The van der Waals surface area contributed by atoms with Crippen LogP contribution in [0, 0.1) is 0 Å². The van der Waals surface area contributed by atoms with E-state index in [0.29, 0.717) is 35.2 Å². The first-order chi connectivity index (χ1) is 13.1. The molecule has 0 spiro atoms. The monoisotopic (exact) mass is 386 g/mol. The van der Waals surface area contributed by atoms with Crippen LogP contribution in [0.1, 0.15) is 15.9 Å². The number of ether oxygens (including phenoxy) is 2. The lowest BCUT2D eigenvalue weighted by atomic mass is 10.1. The molecule has 2 aromatic rings. The number of methoxy groups -OCH3 is 2. The van der Waals surface area contributed by atoms with Gasteiger partial charge < -0.3 is 19.7 Å². The Morgan fingerprint density at radius 1 is 1.11 bits per heavy atom. The van der Waals surface area contributed by atoms with Crippen molar-refractivity contribution in [3.63, 3.8) is 0 Å². The summed E-state index contributed by atoms with van der Waals surface area (Å²) < 4.78 is 10.5. The largest absolute Gasteiger partial charge is 0.497 e. The number of carbonyl (C=O) groups is 2. The number of rotatable bonds is 6. The molecule has 1 unspecified atom stereocenters. The maximum Gasteiger partial charge on any atom is 0.255 e. The lowest BCUT2D eigenvalue weighted by molar-refractivity contribution is -0.124. The minimum absolute atomic E-state index is 0.146. The molecule has 1 atom stereocenters. The standard InChI is InChI=1S/C20H22N2O4S/c1-25-16-8-15(9-17(10-16)26-2)20(24)22-13-27-12-18(22)19(23)21-11-14-6-4-3-5-7-14/h3-10,18H,11-13H2,1-2H3,(H,21,23). The van der Waals surface area contributed by atoms with Crippen molar-refractivity contribution in [2.45, 2.75) is 12.6 Å². The molecule has 0 saturated carbocycles. The molecular formula is C20H22N2O4S. The number of thioether (sulfide) groups is 1. The van der Waals surface area contributed by atoms with Crippen LogP contribution >= 0.6 is 11.8 Å². The molecule has 7 heteroatoms. The smallest absolute Gasteiger partial charge is 0.255 e. The molecule has 27 heavy (non-hydrogen) atoms. The third-order valence-corrected chi connectivity index (χ3v) is 5.37. The number of amides is 2. The van der Waals surface area contributed by atoms with Gasteiger partial charge in [0.2, 0.25) is 5.91 Å². The van der Waals surface area contributed by atoms with Crippen LogP contribution in [-0.2, 0) is 11.3 Å². The highest BCUT2D eigenvalue weighted by atomic mass is 32.2. The molecule has 1 aliphatic rings. The second-order valence-corrected chi connectivity index (χ2v) is 7.10. The Balaban J connectivity index is 1.71. The normalized spacial score (nSPS) is 16.1. The molecule has 3 rings (SSSR count). The topological polar surface area (TPSA) is 67.9 Å². The van der Waals surface area contributed by atoms with Gasteiger partial charge in [0.05, 0.1) is 20.1 Å². The fraction of sp³-hybridized carbons (Fsp3) is 0.300. The van der Waals surface area contributed by atoms with Gasteiger partial charge in [-0.15, -0.1) is 11.8 Å². The van der Waals surface area contributed by atoms with E-state index in [9.17, 15) is 9.59 Å². The van der Waals surface area contributed by atoms with Crippen LogP contribution in [0.5, 0.6) is 11.5 Å². The Labute approximate surface area is 162 Å². The van der Waals surface area contributed by atoms with Crippen LogP contribution in [-0.4, -0.2) is 48.6 Å². The summed E-state index contributed by atoms with van der Waals surface area (Å²) in [7, 11) is 3.07. The van der Waals surface area contributed by atoms with Crippen molar-refractivity contribution in [3.05, 3.63) is 59.7 Å². The summed E-state index contributed by atoms with van der Waals surface area (Å²) in [6, 6.07) is 14.2. The van der Waals surface area contributed by atoms with Gasteiger partial charge in [-0.2, -0.15) is 0 Å². The summed E-state index contributed by atoms with van der Waals surface area (Å²) in [6.45, 7) is 0.440. The summed E-state index contributed by atoms with van der Waals surface area (Å²) in [6.07, 6.45) is 0. The molecule has 1 N–H and O–H groups in total. The first-order valence-corrected chi connectivity index (χ1v) is 9.71. The number of hydrogen-bond acceptors (Lipinski definition) is 5. The Morgan fingerprint density at radius 2 is 1.78 bits per heavy atom. The molecular weight excluding hydrogens is 364 g/mol. The minimum Gasteiger partial charge on any atom is -0.497 e. The third kappa shape index (κ3) is 4.54. The fourth-order valence-corrected chi connectivity index (χ4v) is 4.01. The van der Waals surface area contributed by atoms with Gasteiger partial charge in [-0.05, 0) is 17.7 Å². The van der Waals surface area contributed by atoms with Crippen LogP contribution in [0.15, 0.2) is 48.5 Å². The zero-order chi connectivity index (χ0) is 19.2. The Bertz CT molecular complexity index is 791. The number of hydrogen-bond donors (Lipinski definition) is 1. The first-order valence-electron chi connectivity index (χ1n) is 8.56. The Kier molecular flexibility index (Phi) is 6.24. The zero-order valence-electron chi connectivity index (χ0n) is 15.3. The molecule has 0 bridgehead atoms. The van der Waals surface area contributed by atoms with Crippen LogP contribution in [0.3, 0.4) is 0 Å². The predicted octanol–water partition coefficient (Wildman–Crippen LogP) is 2.54. The van der Waals surface area contributed by atoms with Gasteiger partial charge in [-0.25, -0.2) is 0 Å². The van der Waals surface area contributed by atoms with Crippen molar-refractivity contribution in [1.82, 2.24) is 10.2 Å². The lowest BCUT2D eigenvalue weighted by Crippen LogP contribution is -2.47. The van der Waals surface area contributed by atoms with Crippen molar-refractivity contribution in [2.75, 3.05) is 25.8 Å². The highest BCUT2D eigenvalue weighted by molar-refractivity contribution is 7.99. The molecule has 0 radical (unpaired) electrons. The second kappa shape index (κ2) is 8.81. The van der Waals surface area contributed by atoms with Crippen molar-refractivity contribution < 1.29 is 19.1 Å². The summed E-state index contributed by atoms with van der Waals surface area (Å²) in [5.74, 6) is 1.77. The van der Waals surface area contributed by atoms with E-state index in [0.717, 1.165) is 5.56 Å². The molecule has 1 saturated heterocycles. The average molecular weight is 386 g/mol. The SMILES string of the molecule is COc1cc(OC)cc(C(=O)N2CSCC2C(=O)NCc2ccccc2)c1.